The van der Waals surface area contributed by atoms with Crippen LogP contribution in [-0.2, 0) is 9.47 Å². The summed E-state index contributed by atoms with van der Waals surface area (Å²) in [5, 5.41) is 21.4. The molecule has 21 rings (SSSR count). The highest BCUT2D eigenvalue weighted by Crippen LogP contribution is 2.83. The standard InChI is InChI=1S/2C39H57NO2.C38H55NO2/c2*1-34(2)27(25-9-11-26(12-10-25)33(41)42-8)15-18-36(4)30(34)17-19-38(6)31(36)14-13-29-32-28(35(3)21-22-35)16-20-39(32,40-7)24-23-37(29,38)5;1-33(2)26(24-8-10-25(11-9-24)32(40)41)14-17-35(4)29(33)16-18-37(6)30(35)13-12-28-31-27(34(3)20-21-34)15-19-38(31,39-7)23-22-36(28,37)5/h2*9-12,15,28-32,40H,13-14,16-24H2,1-8H3;8-11,14,27-31,39H,12-13,15-23H2,1-7H3,(H,40,41)/t2*28-,29-,30+,31-,32-,36+,37-,38-,39+;27-,28-,29+,30-,31-,35+,36-,37-,38+/m111/s1. The van der Waals surface area contributed by atoms with E-state index in [1.165, 1.54) is 253 Å². The van der Waals surface area contributed by atoms with Crippen molar-refractivity contribution >= 4 is 34.6 Å². The van der Waals surface area contributed by atoms with Crippen molar-refractivity contribution in [3.05, 3.63) is 124 Å². The van der Waals surface area contributed by atoms with Gasteiger partial charge in [0.2, 0.25) is 0 Å². The van der Waals surface area contributed by atoms with Gasteiger partial charge in [0, 0.05) is 16.6 Å². The lowest BCUT2D eigenvalue weighted by molar-refractivity contribution is -0.221. The van der Waals surface area contributed by atoms with E-state index in [2.05, 4.69) is 204 Å². The van der Waals surface area contributed by atoms with Gasteiger partial charge in [0.05, 0.1) is 30.9 Å². The Labute approximate surface area is 757 Å². The van der Waals surface area contributed by atoms with Gasteiger partial charge in [-0.15, -0.1) is 0 Å². The predicted octanol–water partition coefficient (Wildman–Crippen LogP) is 27.9. The molecule has 0 aromatic heterocycles. The lowest BCUT2D eigenvalue weighted by Crippen LogP contribution is -2.67. The van der Waals surface area contributed by atoms with Gasteiger partial charge >= 0.3 is 17.9 Å². The maximum absolute atomic E-state index is 12.1. The zero-order valence-corrected chi connectivity index (χ0v) is 82.6. The molecular formula is C116H169N3O6. The van der Waals surface area contributed by atoms with Crippen LogP contribution in [-0.4, -0.2) is 75.0 Å². The zero-order valence-electron chi connectivity index (χ0n) is 82.6. The highest BCUT2D eigenvalue weighted by atomic mass is 16.5. The first kappa shape index (κ1) is 89.4. The van der Waals surface area contributed by atoms with Gasteiger partial charge in [-0.3, -0.25) is 0 Å². The number of fused-ring (bicyclic) bond motifs is 21. The number of ether oxygens (including phenoxy) is 2. The Balaban J connectivity index is 0.000000123. The van der Waals surface area contributed by atoms with E-state index in [4.69, 9.17) is 9.47 Å². The number of hydrogen-bond acceptors (Lipinski definition) is 8. The van der Waals surface area contributed by atoms with E-state index in [1.54, 1.807) is 12.1 Å². The minimum Gasteiger partial charge on any atom is -0.478 e. The average Bonchev–Trinajstić information content (AvgIpc) is 1.63. The van der Waals surface area contributed by atoms with Gasteiger partial charge in [-0.1, -0.05) is 179 Å². The van der Waals surface area contributed by atoms with E-state index in [1.807, 2.05) is 36.4 Å². The topological polar surface area (TPSA) is 126 Å². The molecule has 27 atom stereocenters. The van der Waals surface area contributed by atoms with Crippen LogP contribution in [0.1, 0.15) is 384 Å². The monoisotopic (exact) mass is 1700 g/mol. The number of esters is 2. The highest BCUT2D eigenvalue weighted by molar-refractivity contribution is 5.91. The molecule has 4 N–H and O–H groups in total. The van der Waals surface area contributed by atoms with Crippen LogP contribution in [0.15, 0.2) is 91.0 Å². The first-order valence-electron chi connectivity index (χ1n) is 51.8. The Kier molecular flexibility index (Phi) is 21.2. The molecule has 15 saturated carbocycles. The molecular weight excluding hydrogens is 1530 g/mol. The molecule has 0 saturated heterocycles. The van der Waals surface area contributed by atoms with Crippen molar-refractivity contribution in [3.8, 4) is 0 Å². The summed E-state index contributed by atoms with van der Waals surface area (Å²) in [6.45, 7) is 47.7. The van der Waals surface area contributed by atoms with Crippen LogP contribution in [0.25, 0.3) is 16.7 Å². The second-order valence-electron chi connectivity index (χ2n) is 52.3. The van der Waals surface area contributed by atoms with E-state index in [0.717, 1.165) is 77.4 Å². The van der Waals surface area contributed by atoms with E-state index in [0.29, 0.717) is 116 Å². The van der Waals surface area contributed by atoms with E-state index >= 15 is 0 Å². The molecule has 15 fully saturated rings. The van der Waals surface area contributed by atoms with Crippen LogP contribution >= 0.6 is 0 Å². The number of aromatic carboxylic acids is 1. The number of carbonyl (C=O) groups excluding carboxylic acids is 2. The first-order chi connectivity index (χ1) is 58.8. The van der Waals surface area contributed by atoms with E-state index in [-0.39, 0.29) is 28.2 Å². The maximum Gasteiger partial charge on any atom is 0.337 e. The summed E-state index contributed by atoms with van der Waals surface area (Å²) in [5.74, 6) is 10.9. The van der Waals surface area contributed by atoms with Crippen molar-refractivity contribution in [1.29, 1.82) is 0 Å². The Morgan fingerprint density at radius 3 is 0.776 bits per heavy atom. The summed E-state index contributed by atoms with van der Waals surface area (Å²) < 4.78 is 9.91. The SMILES string of the molecule is CN[C@]12CC[C@@H](C3(C)CC3)[C@@H]1[C@H]1CC[C@@H]3[C@@]4(C)CC=C(c5ccc(C(=O)O)cc5)C(C)(C)[C@@H]4CC[C@@]3(C)[C@]1(C)CC2.CN[C@]12CC[C@@H](C3(C)CC3)[C@@H]1[C@H]1CC[C@@H]3[C@@]4(C)CC=C(c5ccc(C(=O)OC)cc5)C(C)(C)[C@@H]4CC[C@@]3(C)[C@]1(C)CC2.CN[C@]12CC[C@@H](C3(C)CC3)[C@@H]1[C@H]1CC[C@@H]3[C@@]4(C)CC=C(c5ccc(C(=O)OC)cc5)C(C)(C)[C@@H]4CC[C@@]3(C)[C@]1(C)CC2. The third-order valence-corrected chi connectivity index (χ3v) is 48.0. The number of allylic oxidation sites excluding steroid dienone is 6. The normalized spacial score (nSPS) is 46.7. The predicted molar refractivity (Wildman–Crippen MR) is 512 cm³/mol. The van der Waals surface area contributed by atoms with Crippen LogP contribution in [0.4, 0.5) is 0 Å². The number of benzene rings is 3. The molecule has 0 amide bonds. The summed E-state index contributed by atoms with van der Waals surface area (Å²) in [7, 11) is 9.79. The number of hydrogen-bond donors (Lipinski definition) is 4. The molecule has 0 unspecified atom stereocenters. The molecule has 684 valence electrons. The Hall–Kier alpha value is -4.83. The second-order valence-corrected chi connectivity index (χ2v) is 52.3. The van der Waals surface area contributed by atoms with Gasteiger partial charge in [-0.25, -0.2) is 14.4 Å². The van der Waals surface area contributed by atoms with Crippen molar-refractivity contribution in [3.63, 3.8) is 0 Å². The van der Waals surface area contributed by atoms with Crippen molar-refractivity contribution in [2.75, 3.05) is 35.4 Å². The Bertz CT molecular complexity index is 4600. The van der Waals surface area contributed by atoms with Crippen LogP contribution in [0, 0.1) is 170 Å². The quantitative estimate of drug-likeness (QED) is 0.131. The smallest absolute Gasteiger partial charge is 0.337 e. The molecule has 18 aliphatic carbocycles. The van der Waals surface area contributed by atoms with Crippen molar-refractivity contribution in [2.24, 2.45) is 170 Å². The molecule has 9 heteroatoms. The van der Waals surface area contributed by atoms with E-state index in [9.17, 15) is 19.5 Å². The van der Waals surface area contributed by atoms with Gasteiger partial charge < -0.3 is 30.5 Å². The van der Waals surface area contributed by atoms with Gasteiger partial charge in [-0.2, -0.15) is 0 Å². The van der Waals surface area contributed by atoms with Gasteiger partial charge in [-0.05, 0) is 473 Å². The van der Waals surface area contributed by atoms with Gasteiger partial charge in [0.1, 0.15) is 0 Å². The number of methoxy groups -OCH3 is 2. The summed E-state index contributed by atoms with van der Waals surface area (Å²) in [4.78, 5) is 35.6. The van der Waals surface area contributed by atoms with Crippen molar-refractivity contribution < 1.29 is 29.0 Å². The van der Waals surface area contributed by atoms with Crippen LogP contribution in [0.3, 0.4) is 0 Å². The molecule has 3 aromatic carbocycles. The molecule has 0 heterocycles. The molecule has 125 heavy (non-hydrogen) atoms. The molecule has 0 aliphatic heterocycles. The largest absolute Gasteiger partial charge is 0.478 e. The van der Waals surface area contributed by atoms with Gasteiger partial charge in [0.25, 0.3) is 0 Å². The van der Waals surface area contributed by atoms with Crippen molar-refractivity contribution in [1.82, 2.24) is 16.0 Å². The van der Waals surface area contributed by atoms with Crippen LogP contribution in [0.5, 0.6) is 0 Å². The summed E-state index contributed by atoms with van der Waals surface area (Å²) >= 11 is 0. The molecule has 0 bridgehead atoms. The fourth-order valence-corrected chi connectivity index (χ4v) is 40.0. The lowest BCUT2D eigenvalue weighted by atomic mass is 9.32. The number of carboxylic acid groups (broad SMARTS) is 1. The number of carboxylic acids is 1. The molecule has 18 aliphatic rings. The fraction of sp³-hybridized carbons (Fsp3) is 0.767. The number of carbonyl (C=O) groups is 3. The second kappa shape index (κ2) is 29.6. The molecule has 9 nitrogen and oxygen atoms in total. The van der Waals surface area contributed by atoms with E-state index < -0.39 is 5.97 Å². The fourth-order valence-electron chi connectivity index (χ4n) is 40.0. The van der Waals surface area contributed by atoms with Gasteiger partial charge in [0.15, 0.2) is 0 Å². The zero-order chi connectivity index (χ0) is 89.1. The molecule has 0 radical (unpaired) electrons. The third-order valence-electron chi connectivity index (χ3n) is 48.0. The first-order valence-corrected chi connectivity index (χ1v) is 51.8. The Morgan fingerprint density at radius 1 is 0.288 bits per heavy atom. The Morgan fingerprint density at radius 2 is 0.544 bits per heavy atom. The minimum absolute atomic E-state index is 0.0712. The summed E-state index contributed by atoms with van der Waals surface area (Å²) in [6, 6.07) is 24.0. The summed E-state index contributed by atoms with van der Waals surface area (Å²) in [6.07, 6.45) is 53.6. The molecule has 3 aromatic rings. The number of rotatable bonds is 12. The average molecular weight is 1700 g/mol. The maximum atomic E-state index is 12.1. The van der Waals surface area contributed by atoms with Crippen LogP contribution < -0.4 is 16.0 Å². The van der Waals surface area contributed by atoms with Crippen molar-refractivity contribution in [2.45, 2.75) is 353 Å². The third kappa shape index (κ3) is 12.5. The minimum atomic E-state index is -0.846. The highest BCUT2D eigenvalue weighted by Gasteiger charge is 2.77. The molecule has 0 spiro atoms. The summed E-state index contributed by atoms with van der Waals surface area (Å²) in [5.41, 5.74) is 16.5. The number of nitrogens with one attached hydrogen (secondary N) is 3. The lowest BCUT2D eigenvalue weighted by Gasteiger charge is -2.72. The van der Waals surface area contributed by atoms with Crippen LogP contribution in [0.2, 0.25) is 0 Å².